The van der Waals surface area contributed by atoms with Crippen molar-refractivity contribution < 1.29 is 14.1 Å². The number of carbonyl (C=O) groups is 1. The highest BCUT2D eigenvalue weighted by atomic mass is 16.5. The number of nitrogens with two attached hydrogens (primary N) is 1. The fraction of sp³-hybridized carbons (Fsp3) is 0.550. The number of likely N-dealkylation sites (tertiary alicyclic amines) is 1. The molecule has 1 fully saturated rings. The van der Waals surface area contributed by atoms with Gasteiger partial charge in [-0.2, -0.15) is 4.98 Å². The minimum absolute atomic E-state index is 0.0959. The Bertz CT molecular complexity index is 746. The lowest BCUT2D eigenvalue weighted by molar-refractivity contribution is -0.132. The summed E-state index contributed by atoms with van der Waals surface area (Å²) in [6, 6.07) is 7.58. The largest absolute Gasteiger partial charge is 0.497 e. The van der Waals surface area contributed by atoms with Crippen molar-refractivity contribution in [2.75, 3.05) is 26.7 Å². The first-order valence-electron chi connectivity index (χ1n) is 9.67. The lowest BCUT2D eigenvalue weighted by Gasteiger charge is -2.31. The van der Waals surface area contributed by atoms with E-state index in [1.807, 2.05) is 29.2 Å². The van der Waals surface area contributed by atoms with Gasteiger partial charge in [0.2, 0.25) is 17.6 Å². The normalized spacial score (nSPS) is 17.1. The second kappa shape index (κ2) is 9.50. The lowest BCUT2D eigenvalue weighted by atomic mass is 9.97. The SMILES string of the molecule is COc1cccc(-c2noc([C@@H]3CCCN(C(=O)CCCCCN)C3)n2)c1. The van der Waals surface area contributed by atoms with Crippen LogP contribution >= 0.6 is 0 Å². The van der Waals surface area contributed by atoms with Gasteiger partial charge in [-0.05, 0) is 44.4 Å². The van der Waals surface area contributed by atoms with Gasteiger partial charge < -0.3 is 19.9 Å². The Labute approximate surface area is 159 Å². The molecule has 0 aliphatic carbocycles. The van der Waals surface area contributed by atoms with Crippen molar-refractivity contribution in [1.82, 2.24) is 15.0 Å². The summed E-state index contributed by atoms with van der Waals surface area (Å²) in [7, 11) is 1.63. The Balaban J connectivity index is 1.61. The number of hydrogen-bond acceptors (Lipinski definition) is 6. The maximum absolute atomic E-state index is 12.4. The number of amides is 1. The average Bonchev–Trinajstić information content (AvgIpc) is 3.21. The number of methoxy groups -OCH3 is 1. The maximum atomic E-state index is 12.4. The highest BCUT2D eigenvalue weighted by Gasteiger charge is 2.28. The molecule has 1 amide bonds. The standard InChI is InChI=1S/C20H28N4O3/c1-26-17-9-5-7-15(13-17)19-22-20(27-23-19)16-8-6-12-24(14-16)18(25)10-3-2-4-11-21/h5,7,9,13,16H,2-4,6,8,10-12,14,21H2,1H3/t16-/m1/s1. The molecular formula is C20H28N4O3. The molecule has 2 aromatic rings. The molecule has 0 radical (unpaired) electrons. The number of piperidine rings is 1. The molecular weight excluding hydrogens is 344 g/mol. The first-order chi connectivity index (χ1) is 13.2. The molecule has 146 valence electrons. The van der Waals surface area contributed by atoms with Crippen LogP contribution in [-0.2, 0) is 4.79 Å². The Hall–Kier alpha value is -2.41. The predicted octanol–water partition coefficient (Wildman–Crippen LogP) is 2.97. The average molecular weight is 372 g/mol. The van der Waals surface area contributed by atoms with E-state index in [4.69, 9.17) is 15.0 Å². The third kappa shape index (κ3) is 5.07. The van der Waals surface area contributed by atoms with Gasteiger partial charge in [-0.3, -0.25) is 4.79 Å². The van der Waals surface area contributed by atoms with Crippen molar-refractivity contribution in [1.29, 1.82) is 0 Å². The van der Waals surface area contributed by atoms with Gasteiger partial charge in [-0.15, -0.1) is 0 Å². The molecule has 2 N–H and O–H groups in total. The van der Waals surface area contributed by atoms with Gasteiger partial charge in [0.1, 0.15) is 5.75 Å². The number of unbranched alkanes of at least 4 members (excludes halogenated alkanes) is 2. The van der Waals surface area contributed by atoms with Gasteiger partial charge in [-0.1, -0.05) is 23.7 Å². The Morgan fingerprint density at radius 2 is 2.26 bits per heavy atom. The van der Waals surface area contributed by atoms with Crippen LogP contribution in [0.15, 0.2) is 28.8 Å². The van der Waals surface area contributed by atoms with Crippen LogP contribution in [0.2, 0.25) is 0 Å². The van der Waals surface area contributed by atoms with Gasteiger partial charge >= 0.3 is 0 Å². The number of ether oxygens (including phenoxy) is 1. The fourth-order valence-electron chi connectivity index (χ4n) is 3.44. The van der Waals surface area contributed by atoms with Crippen LogP contribution in [-0.4, -0.2) is 47.7 Å². The first kappa shape index (κ1) is 19.4. The summed E-state index contributed by atoms with van der Waals surface area (Å²) in [5.74, 6) is 2.22. The van der Waals surface area contributed by atoms with Gasteiger partial charge in [0.25, 0.3) is 0 Å². The molecule has 0 saturated carbocycles. The summed E-state index contributed by atoms with van der Waals surface area (Å²) in [5, 5.41) is 4.12. The molecule has 1 saturated heterocycles. The highest BCUT2D eigenvalue weighted by Crippen LogP contribution is 2.29. The van der Waals surface area contributed by atoms with E-state index >= 15 is 0 Å². The van der Waals surface area contributed by atoms with Gasteiger partial charge in [0.15, 0.2) is 0 Å². The van der Waals surface area contributed by atoms with Gasteiger partial charge in [0, 0.05) is 25.1 Å². The van der Waals surface area contributed by atoms with E-state index in [9.17, 15) is 4.79 Å². The fourth-order valence-corrected chi connectivity index (χ4v) is 3.44. The third-order valence-corrected chi connectivity index (χ3v) is 4.99. The Kier molecular flexibility index (Phi) is 6.81. The molecule has 1 aromatic heterocycles. The first-order valence-corrected chi connectivity index (χ1v) is 9.67. The molecule has 0 spiro atoms. The molecule has 0 bridgehead atoms. The summed E-state index contributed by atoms with van der Waals surface area (Å²) in [6.07, 6.45) is 5.38. The smallest absolute Gasteiger partial charge is 0.231 e. The van der Waals surface area contributed by atoms with Crippen molar-refractivity contribution >= 4 is 5.91 Å². The molecule has 2 heterocycles. The van der Waals surface area contributed by atoms with Crippen LogP contribution in [0, 0.1) is 0 Å². The second-order valence-electron chi connectivity index (χ2n) is 6.97. The zero-order valence-electron chi connectivity index (χ0n) is 15.9. The van der Waals surface area contributed by atoms with E-state index in [1.165, 1.54) is 0 Å². The second-order valence-corrected chi connectivity index (χ2v) is 6.97. The molecule has 7 heteroatoms. The van der Waals surface area contributed by atoms with E-state index < -0.39 is 0 Å². The summed E-state index contributed by atoms with van der Waals surface area (Å²) >= 11 is 0. The van der Waals surface area contributed by atoms with E-state index in [1.54, 1.807) is 7.11 Å². The van der Waals surface area contributed by atoms with Crippen molar-refractivity contribution in [2.45, 2.75) is 44.4 Å². The summed E-state index contributed by atoms with van der Waals surface area (Å²) in [5.41, 5.74) is 6.36. The predicted molar refractivity (Wildman–Crippen MR) is 102 cm³/mol. The van der Waals surface area contributed by atoms with Crippen molar-refractivity contribution in [3.05, 3.63) is 30.2 Å². The van der Waals surface area contributed by atoms with Crippen LogP contribution in [0.1, 0.15) is 50.3 Å². The number of rotatable bonds is 8. The maximum Gasteiger partial charge on any atom is 0.231 e. The van der Waals surface area contributed by atoms with Crippen molar-refractivity contribution in [3.63, 3.8) is 0 Å². The number of benzene rings is 1. The molecule has 7 nitrogen and oxygen atoms in total. The molecule has 0 unspecified atom stereocenters. The molecule has 1 aromatic carbocycles. The van der Waals surface area contributed by atoms with Crippen LogP contribution in [0.3, 0.4) is 0 Å². The minimum atomic E-state index is 0.0959. The minimum Gasteiger partial charge on any atom is -0.497 e. The molecule has 3 rings (SSSR count). The van der Waals surface area contributed by atoms with Gasteiger partial charge in [0.05, 0.1) is 13.0 Å². The van der Waals surface area contributed by atoms with Crippen LogP contribution < -0.4 is 10.5 Å². The summed E-state index contributed by atoms with van der Waals surface area (Å²) < 4.78 is 10.8. The molecule has 1 aliphatic rings. The van der Waals surface area contributed by atoms with Crippen LogP contribution in [0.4, 0.5) is 0 Å². The Morgan fingerprint density at radius 1 is 1.37 bits per heavy atom. The monoisotopic (exact) mass is 372 g/mol. The highest BCUT2D eigenvalue weighted by molar-refractivity contribution is 5.76. The lowest BCUT2D eigenvalue weighted by Crippen LogP contribution is -2.39. The molecule has 27 heavy (non-hydrogen) atoms. The molecule has 1 atom stereocenters. The zero-order valence-corrected chi connectivity index (χ0v) is 15.9. The van der Waals surface area contributed by atoms with E-state index in [0.717, 1.165) is 50.0 Å². The van der Waals surface area contributed by atoms with Crippen LogP contribution in [0.25, 0.3) is 11.4 Å². The molecule has 1 aliphatic heterocycles. The summed E-state index contributed by atoms with van der Waals surface area (Å²) in [4.78, 5) is 19.0. The number of aromatic nitrogens is 2. The number of carbonyl (C=O) groups excluding carboxylic acids is 1. The van der Waals surface area contributed by atoms with Gasteiger partial charge in [-0.25, -0.2) is 0 Å². The van der Waals surface area contributed by atoms with Crippen molar-refractivity contribution in [3.8, 4) is 17.1 Å². The van der Waals surface area contributed by atoms with Crippen molar-refractivity contribution in [2.24, 2.45) is 5.73 Å². The zero-order chi connectivity index (χ0) is 19.1. The topological polar surface area (TPSA) is 94.5 Å². The van der Waals surface area contributed by atoms with E-state index in [2.05, 4.69) is 10.1 Å². The van der Waals surface area contributed by atoms with Crippen LogP contribution in [0.5, 0.6) is 5.75 Å². The van der Waals surface area contributed by atoms with E-state index in [0.29, 0.717) is 31.2 Å². The number of nitrogens with zero attached hydrogens (tertiary/aromatic N) is 3. The summed E-state index contributed by atoms with van der Waals surface area (Å²) in [6.45, 7) is 2.14. The number of hydrogen-bond donors (Lipinski definition) is 1. The Morgan fingerprint density at radius 3 is 3.07 bits per heavy atom. The third-order valence-electron chi connectivity index (χ3n) is 4.99. The quantitative estimate of drug-likeness (QED) is 0.716. The van der Waals surface area contributed by atoms with E-state index in [-0.39, 0.29) is 11.8 Å².